The van der Waals surface area contributed by atoms with Crippen molar-refractivity contribution in [3.8, 4) is 11.5 Å². The van der Waals surface area contributed by atoms with Crippen molar-refractivity contribution in [2.75, 3.05) is 66.7 Å². The van der Waals surface area contributed by atoms with E-state index in [1.54, 1.807) is 18.2 Å². The molecule has 34 heavy (non-hydrogen) atoms. The number of morpholine rings is 1. The molecule has 0 N–H and O–H groups in total. The van der Waals surface area contributed by atoms with Crippen molar-refractivity contribution in [1.82, 2.24) is 9.80 Å². The number of nitrogens with zero attached hydrogens (tertiary/aromatic N) is 2. The van der Waals surface area contributed by atoms with E-state index in [9.17, 15) is 9.59 Å². The molecule has 0 amide bonds. The lowest BCUT2D eigenvalue weighted by Crippen LogP contribution is -2.37. The topological polar surface area (TPSA) is 68.3 Å². The van der Waals surface area contributed by atoms with Gasteiger partial charge in [0.2, 0.25) is 0 Å². The summed E-state index contributed by atoms with van der Waals surface area (Å²) in [6.07, 6.45) is 3.70. The van der Waals surface area contributed by atoms with Gasteiger partial charge in [-0.25, -0.2) is 0 Å². The summed E-state index contributed by atoms with van der Waals surface area (Å²) in [5.74, 6) is 1.69. The molecule has 0 spiro atoms. The predicted octanol–water partition coefficient (Wildman–Crippen LogP) is 3.74. The molecule has 1 aliphatic rings. The Morgan fingerprint density at radius 2 is 1.56 bits per heavy atom. The first-order valence-corrected chi connectivity index (χ1v) is 11.8. The zero-order valence-corrected chi connectivity index (χ0v) is 20.7. The van der Waals surface area contributed by atoms with Gasteiger partial charge in [0, 0.05) is 37.3 Å². The second-order valence-electron chi connectivity index (χ2n) is 8.49. The number of aldehydes is 2. The van der Waals surface area contributed by atoms with Crippen LogP contribution < -0.4 is 9.47 Å². The van der Waals surface area contributed by atoms with Crippen molar-refractivity contribution in [2.45, 2.75) is 19.8 Å². The molecule has 0 atom stereocenters. The number of carbonyl (C=O) groups excluding carboxylic acids is 2. The lowest BCUT2D eigenvalue weighted by atomic mass is 10.1. The molecular formula is C27H38N2O5. The number of rotatable bonds is 12. The maximum atomic E-state index is 10.6. The Morgan fingerprint density at radius 3 is 2.18 bits per heavy atom. The highest BCUT2D eigenvalue weighted by molar-refractivity contribution is 5.75. The third kappa shape index (κ3) is 10.9. The second-order valence-corrected chi connectivity index (χ2v) is 8.49. The first kappa shape index (κ1) is 27.5. The molecule has 0 aromatic heterocycles. The Morgan fingerprint density at radius 1 is 0.912 bits per heavy atom. The van der Waals surface area contributed by atoms with Gasteiger partial charge in [0.15, 0.2) is 0 Å². The molecule has 1 heterocycles. The van der Waals surface area contributed by atoms with Gasteiger partial charge in [0.25, 0.3) is 0 Å². The van der Waals surface area contributed by atoms with Gasteiger partial charge in [-0.05, 0) is 81.9 Å². The number of ether oxygens (including phenoxy) is 3. The van der Waals surface area contributed by atoms with Gasteiger partial charge in [0.05, 0.1) is 26.4 Å². The van der Waals surface area contributed by atoms with E-state index >= 15 is 0 Å². The summed E-state index contributed by atoms with van der Waals surface area (Å²) < 4.78 is 16.6. The number of hydrogen-bond donors (Lipinski definition) is 0. The zero-order chi connectivity index (χ0) is 24.6. The van der Waals surface area contributed by atoms with E-state index in [1.165, 1.54) is 0 Å². The van der Waals surface area contributed by atoms with Crippen LogP contribution in [0.2, 0.25) is 0 Å². The molecule has 186 valence electrons. The minimum absolute atomic E-state index is 0.677. The molecule has 2 aromatic carbocycles. The van der Waals surface area contributed by atoms with E-state index in [0.717, 1.165) is 81.9 Å². The smallest absolute Gasteiger partial charge is 0.150 e. The Bertz CT molecular complexity index is 849. The largest absolute Gasteiger partial charge is 0.494 e. The van der Waals surface area contributed by atoms with E-state index in [4.69, 9.17) is 14.2 Å². The van der Waals surface area contributed by atoms with Crippen molar-refractivity contribution in [1.29, 1.82) is 0 Å². The molecule has 1 fully saturated rings. The molecule has 1 aliphatic heterocycles. The summed E-state index contributed by atoms with van der Waals surface area (Å²) in [7, 11) is 4.09. The highest BCUT2D eigenvalue weighted by atomic mass is 16.5. The predicted molar refractivity (Wildman–Crippen MR) is 134 cm³/mol. The molecule has 0 saturated carbocycles. The van der Waals surface area contributed by atoms with Crippen molar-refractivity contribution in [3.63, 3.8) is 0 Å². The minimum atomic E-state index is 0.677. The normalized spacial score (nSPS) is 13.6. The number of aryl methyl sites for hydroxylation is 1. The lowest BCUT2D eigenvalue weighted by molar-refractivity contribution is 0.0358. The van der Waals surface area contributed by atoms with Crippen molar-refractivity contribution in [3.05, 3.63) is 59.2 Å². The Labute approximate surface area is 203 Å². The summed E-state index contributed by atoms with van der Waals surface area (Å²) in [4.78, 5) is 25.6. The van der Waals surface area contributed by atoms with Crippen LogP contribution in [0.1, 0.15) is 39.1 Å². The molecule has 0 aliphatic carbocycles. The molecule has 0 unspecified atom stereocenters. The summed E-state index contributed by atoms with van der Waals surface area (Å²) in [6, 6.07) is 12.7. The molecule has 7 nitrogen and oxygen atoms in total. The third-order valence-electron chi connectivity index (χ3n) is 5.35. The molecule has 1 saturated heterocycles. The first-order chi connectivity index (χ1) is 16.5. The molecular weight excluding hydrogens is 432 g/mol. The average molecular weight is 471 g/mol. The SMILES string of the molecule is Cc1cc(C=O)ccc1OCCCN(C)C.O=Cc1ccc(OCCCN2CCOCC2)cc1. The lowest BCUT2D eigenvalue weighted by Gasteiger charge is -2.26. The van der Waals surface area contributed by atoms with Crippen LogP contribution in [0.3, 0.4) is 0 Å². The third-order valence-corrected chi connectivity index (χ3v) is 5.35. The van der Waals surface area contributed by atoms with Crippen LogP contribution in [0, 0.1) is 6.92 Å². The summed E-state index contributed by atoms with van der Waals surface area (Å²) >= 11 is 0. The highest BCUT2D eigenvalue weighted by Gasteiger charge is 2.09. The van der Waals surface area contributed by atoms with Gasteiger partial charge in [-0.15, -0.1) is 0 Å². The number of benzene rings is 2. The quantitative estimate of drug-likeness (QED) is 0.346. The molecule has 3 rings (SSSR count). The summed E-state index contributed by atoms with van der Waals surface area (Å²) in [5.41, 5.74) is 2.38. The molecule has 2 aromatic rings. The number of carbonyl (C=O) groups is 2. The Kier molecular flexibility index (Phi) is 12.9. The molecule has 0 radical (unpaired) electrons. The van der Waals surface area contributed by atoms with Crippen LogP contribution >= 0.6 is 0 Å². The van der Waals surface area contributed by atoms with E-state index < -0.39 is 0 Å². The minimum Gasteiger partial charge on any atom is -0.494 e. The monoisotopic (exact) mass is 470 g/mol. The fourth-order valence-electron chi connectivity index (χ4n) is 3.42. The van der Waals surface area contributed by atoms with Crippen LogP contribution in [0.4, 0.5) is 0 Å². The Hall–Kier alpha value is -2.74. The van der Waals surface area contributed by atoms with Crippen LogP contribution in [-0.4, -0.2) is 89.1 Å². The van der Waals surface area contributed by atoms with E-state index in [2.05, 4.69) is 9.80 Å². The van der Waals surface area contributed by atoms with E-state index in [1.807, 2.05) is 45.3 Å². The van der Waals surface area contributed by atoms with Gasteiger partial charge >= 0.3 is 0 Å². The van der Waals surface area contributed by atoms with Gasteiger partial charge in [0.1, 0.15) is 24.1 Å². The standard InChI is InChI=1S/C14H19NO3.C13H19NO2/c16-12-13-2-4-14(5-3-13)18-9-1-6-15-7-10-17-11-8-15;1-11-9-12(10-15)5-6-13(11)16-8-4-7-14(2)3/h2-5,12H,1,6-11H2;5-6,9-10H,4,7-8H2,1-3H3. The zero-order valence-electron chi connectivity index (χ0n) is 20.7. The summed E-state index contributed by atoms with van der Waals surface area (Å²) in [6.45, 7) is 9.16. The average Bonchev–Trinajstić information content (AvgIpc) is 2.86. The maximum Gasteiger partial charge on any atom is 0.150 e. The molecule has 0 bridgehead atoms. The first-order valence-electron chi connectivity index (χ1n) is 11.8. The summed E-state index contributed by atoms with van der Waals surface area (Å²) in [5, 5.41) is 0. The second kappa shape index (κ2) is 16.0. The fourth-order valence-corrected chi connectivity index (χ4v) is 3.42. The maximum absolute atomic E-state index is 10.6. The van der Waals surface area contributed by atoms with Crippen molar-refractivity contribution >= 4 is 12.6 Å². The van der Waals surface area contributed by atoms with E-state index in [0.29, 0.717) is 24.3 Å². The van der Waals surface area contributed by atoms with Gasteiger partial charge < -0.3 is 19.1 Å². The van der Waals surface area contributed by atoms with Gasteiger partial charge in [-0.3, -0.25) is 14.5 Å². The van der Waals surface area contributed by atoms with E-state index in [-0.39, 0.29) is 0 Å². The molecule has 7 heteroatoms. The van der Waals surface area contributed by atoms with Gasteiger partial charge in [-0.1, -0.05) is 0 Å². The van der Waals surface area contributed by atoms with Crippen LogP contribution in [0.25, 0.3) is 0 Å². The van der Waals surface area contributed by atoms with Crippen LogP contribution in [-0.2, 0) is 4.74 Å². The van der Waals surface area contributed by atoms with Crippen molar-refractivity contribution < 1.29 is 23.8 Å². The van der Waals surface area contributed by atoms with Gasteiger partial charge in [-0.2, -0.15) is 0 Å². The Balaban J connectivity index is 0.000000242. The van der Waals surface area contributed by atoms with Crippen LogP contribution in [0.15, 0.2) is 42.5 Å². The number of hydrogen-bond acceptors (Lipinski definition) is 7. The fraction of sp³-hybridized carbons (Fsp3) is 0.481. The van der Waals surface area contributed by atoms with Crippen molar-refractivity contribution in [2.24, 2.45) is 0 Å². The highest BCUT2D eigenvalue weighted by Crippen LogP contribution is 2.18. The van der Waals surface area contributed by atoms with Crippen LogP contribution in [0.5, 0.6) is 11.5 Å².